The zero-order chi connectivity index (χ0) is 15.9. The molecule has 0 atom stereocenters. The number of furan rings is 1. The second-order valence-electron chi connectivity index (χ2n) is 5.14. The highest BCUT2D eigenvalue weighted by atomic mass is 32.2. The van der Waals surface area contributed by atoms with Crippen LogP contribution in [0, 0.1) is 0 Å². The van der Waals surface area contributed by atoms with E-state index in [9.17, 15) is 8.42 Å². The largest absolute Gasteiger partial charge is 0.461 e. The summed E-state index contributed by atoms with van der Waals surface area (Å²) in [5.41, 5.74) is 0. The predicted octanol–water partition coefficient (Wildman–Crippen LogP) is 1.51. The van der Waals surface area contributed by atoms with Gasteiger partial charge in [-0.3, -0.25) is 4.98 Å². The Morgan fingerprint density at radius 2 is 2.09 bits per heavy atom. The van der Waals surface area contributed by atoms with Crippen molar-refractivity contribution in [3.8, 4) is 11.6 Å². The molecular formula is C14H12N4O4S. The van der Waals surface area contributed by atoms with Gasteiger partial charge in [-0.1, -0.05) is 5.16 Å². The molecule has 0 bridgehead atoms. The molecule has 8 nitrogen and oxygen atoms in total. The van der Waals surface area contributed by atoms with Crippen LogP contribution in [0.1, 0.15) is 11.8 Å². The van der Waals surface area contributed by atoms with E-state index in [1.54, 1.807) is 18.2 Å². The van der Waals surface area contributed by atoms with Gasteiger partial charge in [-0.05, 0) is 24.3 Å². The quantitative estimate of drug-likeness (QED) is 0.713. The van der Waals surface area contributed by atoms with E-state index in [1.165, 1.54) is 29.0 Å². The minimum Gasteiger partial charge on any atom is -0.461 e. The molecule has 118 valence electrons. The number of pyridine rings is 1. The predicted molar refractivity (Wildman–Crippen MR) is 77.7 cm³/mol. The lowest BCUT2D eigenvalue weighted by molar-refractivity contribution is 0.216. The van der Waals surface area contributed by atoms with E-state index in [0.717, 1.165) is 0 Å². The molecule has 1 aliphatic heterocycles. The van der Waals surface area contributed by atoms with Gasteiger partial charge in [0.15, 0.2) is 5.76 Å². The summed E-state index contributed by atoms with van der Waals surface area (Å²) in [4.78, 5) is 8.28. The lowest BCUT2D eigenvalue weighted by atomic mass is 10.0. The molecule has 0 unspecified atom stereocenters. The fourth-order valence-corrected chi connectivity index (χ4v) is 3.84. The summed E-state index contributed by atoms with van der Waals surface area (Å²) in [6.07, 6.45) is 4.40. The molecule has 3 aromatic rings. The third kappa shape index (κ3) is 2.43. The van der Waals surface area contributed by atoms with Crippen molar-refractivity contribution in [2.45, 2.75) is 10.8 Å². The number of hydrogen-bond donors (Lipinski definition) is 0. The molecule has 3 aromatic heterocycles. The smallest absolute Gasteiger partial charge is 0.244 e. The fourth-order valence-electron chi connectivity index (χ4n) is 2.35. The number of sulfonamides is 1. The van der Waals surface area contributed by atoms with Crippen molar-refractivity contribution in [2.24, 2.45) is 0 Å². The van der Waals surface area contributed by atoms with Gasteiger partial charge in [0.05, 0.1) is 12.2 Å². The summed E-state index contributed by atoms with van der Waals surface area (Å²) >= 11 is 0. The van der Waals surface area contributed by atoms with Crippen LogP contribution in [0.4, 0.5) is 0 Å². The molecule has 0 radical (unpaired) electrons. The van der Waals surface area contributed by atoms with Crippen LogP contribution < -0.4 is 0 Å². The Morgan fingerprint density at radius 3 is 2.78 bits per heavy atom. The summed E-state index contributed by atoms with van der Waals surface area (Å²) in [6.45, 7) is 0.605. The molecule has 1 saturated heterocycles. The van der Waals surface area contributed by atoms with Crippen molar-refractivity contribution in [3.63, 3.8) is 0 Å². The Labute approximate surface area is 131 Å². The first-order chi connectivity index (χ1) is 11.1. The Morgan fingerprint density at radius 1 is 1.22 bits per heavy atom. The van der Waals surface area contributed by atoms with Crippen molar-refractivity contribution >= 4 is 10.0 Å². The summed E-state index contributed by atoms with van der Waals surface area (Å²) in [5.74, 6) is 1.17. The first kappa shape index (κ1) is 14.1. The maximum absolute atomic E-state index is 12.4. The molecule has 0 aromatic carbocycles. The first-order valence-electron chi connectivity index (χ1n) is 6.92. The summed E-state index contributed by atoms with van der Waals surface area (Å²) in [5, 5.41) is 3.85. The molecule has 0 aliphatic carbocycles. The van der Waals surface area contributed by atoms with E-state index in [4.69, 9.17) is 8.94 Å². The minimum atomic E-state index is -3.52. The Hall–Kier alpha value is -2.52. The lowest BCUT2D eigenvalue weighted by Gasteiger charge is -2.35. The van der Waals surface area contributed by atoms with Gasteiger partial charge in [0.1, 0.15) is 4.90 Å². The second kappa shape index (κ2) is 5.28. The molecular weight excluding hydrogens is 320 g/mol. The van der Waals surface area contributed by atoms with Crippen LogP contribution in [-0.4, -0.2) is 40.9 Å². The van der Waals surface area contributed by atoms with Crippen LogP contribution in [0.2, 0.25) is 0 Å². The standard InChI is InChI=1S/C14H12N4O4S/c19-23(20,11-3-1-5-15-7-11)18-8-10(9-18)14-16-13(17-22-14)12-4-2-6-21-12/h1-7,10H,8-9H2. The summed E-state index contributed by atoms with van der Waals surface area (Å²) < 4.78 is 36.5. The average molecular weight is 332 g/mol. The second-order valence-corrected chi connectivity index (χ2v) is 7.08. The van der Waals surface area contributed by atoms with Gasteiger partial charge >= 0.3 is 0 Å². The minimum absolute atomic E-state index is 0.113. The van der Waals surface area contributed by atoms with Gasteiger partial charge in [-0.15, -0.1) is 0 Å². The van der Waals surface area contributed by atoms with E-state index in [-0.39, 0.29) is 10.8 Å². The monoisotopic (exact) mass is 332 g/mol. The molecule has 0 amide bonds. The van der Waals surface area contributed by atoms with Crippen molar-refractivity contribution in [1.82, 2.24) is 19.4 Å². The first-order valence-corrected chi connectivity index (χ1v) is 8.36. The van der Waals surface area contributed by atoms with Crippen LogP contribution in [0.3, 0.4) is 0 Å². The van der Waals surface area contributed by atoms with Gasteiger partial charge in [0, 0.05) is 25.5 Å². The van der Waals surface area contributed by atoms with Crippen LogP contribution >= 0.6 is 0 Å². The maximum Gasteiger partial charge on any atom is 0.244 e. The van der Waals surface area contributed by atoms with E-state index < -0.39 is 10.0 Å². The molecule has 1 aliphatic rings. The molecule has 4 heterocycles. The number of rotatable bonds is 4. The van der Waals surface area contributed by atoms with Gasteiger partial charge in [-0.25, -0.2) is 8.42 Å². The van der Waals surface area contributed by atoms with Crippen LogP contribution in [0.5, 0.6) is 0 Å². The summed E-state index contributed by atoms with van der Waals surface area (Å²) in [6, 6.07) is 6.58. The summed E-state index contributed by atoms with van der Waals surface area (Å²) in [7, 11) is -3.52. The highest BCUT2D eigenvalue weighted by Gasteiger charge is 2.40. The molecule has 9 heteroatoms. The molecule has 1 fully saturated rings. The van der Waals surface area contributed by atoms with E-state index in [0.29, 0.717) is 30.6 Å². The van der Waals surface area contributed by atoms with Gasteiger partial charge in [0.25, 0.3) is 0 Å². The topological polar surface area (TPSA) is 102 Å². The third-order valence-corrected chi connectivity index (χ3v) is 5.47. The Balaban J connectivity index is 1.48. The number of aromatic nitrogens is 3. The van der Waals surface area contributed by atoms with Crippen molar-refractivity contribution < 1.29 is 17.4 Å². The number of hydrogen-bond acceptors (Lipinski definition) is 7. The molecule has 0 N–H and O–H groups in total. The molecule has 23 heavy (non-hydrogen) atoms. The molecule has 0 saturated carbocycles. The van der Waals surface area contributed by atoms with Crippen LogP contribution in [0.15, 0.2) is 56.8 Å². The van der Waals surface area contributed by atoms with E-state index >= 15 is 0 Å². The Bertz CT molecular complexity index is 899. The fraction of sp³-hybridized carbons (Fsp3) is 0.214. The molecule has 4 rings (SSSR count). The third-order valence-electron chi connectivity index (χ3n) is 3.65. The average Bonchev–Trinajstić information content (AvgIpc) is 3.17. The van der Waals surface area contributed by atoms with Gasteiger partial charge in [-0.2, -0.15) is 9.29 Å². The van der Waals surface area contributed by atoms with Crippen LogP contribution in [-0.2, 0) is 10.0 Å². The Kier molecular flexibility index (Phi) is 3.24. The SMILES string of the molecule is O=S(=O)(c1cccnc1)N1CC(c2nc(-c3ccco3)no2)C1. The van der Waals surface area contributed by atoms with Gasteiger partial charge < -0.3 is 8.94 Å². The normalized spacial score (nSPS) is 16.3. The van der Waals surface area contributed by atoms with E-state index in [2.05, 4.69) is 15.1 Å². The van der Waals surface area contributed by atoms with E-state index in [1.807, 2.05) is 0 Å². The van der Waals surface area contributed by atoms with Crippen molar-refractivity contribution in [3.05, 3.63) is 48.8 Å². The van der Waals surface area contributed by atoms with Gasteiger partial charge in [0.2, 0.25) is 21.7 Å². The lowest BCUT2D eigenvalue weighted by Crippen LogP contribution is -2.48. The maximum atomic E-state index is 12.4. The number of nitrogens with zero attached hydrogens (tertiary/aromatic N) is 4. The zero-order valence-electron chi connectivity index (χ0n) is 11.9. The highest BCUT2D eigenvalue weighted by molar-refractivity contribution is 7.89. The van der Waals surface area contributed by atoms with Crippen LogP contribution in [0.25, 0.3) is 11.6 Å². The molecule has 0 spiro atoms. The van der Waals surface area contributed by atoms with Crippen molar-refractivity contribution in [2.75, 3.05) is 13.1 Å². The highest BCUT2D eigenvalue weighted by Crippen LogP contribution is 2.31. The zero-order valence-corrected chi connectivity index (χ0v) is 12.7. The van der Waals surface area contributed by atoms with Crippen molar-refractivity contribution in [1.29, 1.82) is 0 Å².